The summed E-state index contributed by atoms with van der Waals surface area (Å²) < 4.78 is 195. The van der Waals surface area contributed by atoms with E-state index in [0.29, 0.717) is 55.5 Å². The van der Waals surface area contributed by atoms with Gasteiger partial charge < -0.3 is 147 Å². The smallest absolute Gasteiger partial charge is 0.303 e. The molecule has 12 aliphatic rings. The predicted octanol–water partition coefficient (Wildman–Crippen LogP) is 4.11. The van der Waals surface area contributed by atoms with E-state index in [2.05, 4.69) is 27.7 Å². The lowest BCUT2D eigenvalue weighted by Crippen LogP contribution is -2.71. The van der Waals surface area contributed by atoms with E-state index in [1.165, 1.54) is 6.92 Å². The third-order valence-electron chi connectivity index (χ3n) is 28.9. The van der Waals surface area contributed by atoms with Crippen LogP contribution >= 0.6 is 0 Å². The quantitative estimate of drug-likeness (QED) is 0.0507. The molecule has 4 aliphatic carbocycles. The SMILES string of the molecule is CC(=O)OC[C@H]1O[C@@H](O[C@H]2CC[C@@]3(C)[C@@H](CC[C@@H]4[C@@H]3CC[C@]3(C)C5C(C[C@@H]43)O[C@]3(CC[C@@H](C)CO3)C5C)C2)[C@H](OC(C)=O)[C@@H](OC(C)=O)[C@H]1O[C@@H]1O[C@H](COC(C)=O)[C@@H](OC(C)=O)[C@H](O[C@@H]2O[C@H](COC(C)=O)[C@@H](OC(C)=O)[C@H](O[C@@H]3OC[C@@H](OC(C)=O)[C@H](OC(C)=O)[C@H]3OC(C)=O)[C@H]2OC(C)=O)[C@H]1O[C@@H]1O[C@H](COC(C)=O)[C@@H](O[C@@H]2O[C@@H](C)[C@H](OC(C)=O)[C@@H](OC(C)=O)[C@H]2OC(C)=O)[C@H](OC(C)=O)[C@H]1OC(C)=O. The Labute approximate surface area is 831 Å². The molecule has 0 amide bonds. The van der Waals surface area contributed by atoms with E-state index < -0.39 is 325 Å². The third-order valence-corrected chi connectivity index (χ3v) is 28.9. The highest BCUT2D eigenvalue weighted by Gasteiger charge is 2.71. The maximum absolute atomic E-state index is 14.4. The van der Waals surface area contributed by atoms with Gasteiger partial charge >= 0.3 is 101 Å². The molecule has 4 saturated carbocycles. The summed E-state index contributed by atoms with van der Waals surface area (Å²) in [5.41, 5.74) is -0.181. The number of carbonyl (C=O) groups is 17. The molecule has 48 nitrogen and oxygen atoms in total. The zero-order valence-electron chi connectivity index (χ0n) is 84.8. The van der Waals surface area contributed by atoms with Gasteiger partial charge in [-0.2, -0.15) is 0 Å². The molecule has 0 aromatic rings. The van der Waals surface area contributed by atoms with Crippen molar-refractivity contribution in [2.24, 2.45) is 52.3 Å². The minimum Gasteiger partial charge on any atom is -0.463 e. The van der Waals surface area contributed by atoms with Crippen LogP contribution in [0, 0.1) is 52.3 Å². The Kier molecular flexibility index (Phi) is 37.8. The second-order valence-electron chi connectivity index (χ2n) is 39.5. The maximum Gasteiger partial charge on any atom is 0.303 e. The highest BCUT2D eigenvalue weighted by molar-refractivity contribution is 5.73. The van der Waals surface area contributed by atoms with Gasteiger partial charge in [0.25, 0.3) is 0 Å². The van der Waals surface area contributed by atoms with Crippen LogP contribution in [0.5, 0.6) is 0 Å². The molecule has 0 aromatic heterocycles. The second-order valence-corrected chi connectivity index (χ2v) is 39.5. The summed E-state index contributed by atoms with van der Waals surface area (Å²) in [6, 6.07) is 0. The average molecular weight is 2060 g/mol. The van der Waals surface area contributed by atoms with Crippen LogP contribution in [0.15, 0.2) is 0 Å². The Hall–Kier alpha value is -9.57. The van der Waals surface area contributed by atoms with Crippen molar-refractivity contribution in [3.05, 3.63) is 0 Å². The number of esters is 17. The van der Waals surface area contributed by atoms with Crippen LogP contribution in [-0.2, 0) is 228 Å². The molecule has 12 fully saturated rings. The molecule has 8 aliphatic heterocycles. The van der Waals surface area contributed by atoms with Gasteiger partial charge in [-0.25, -0.2) is 0 Å². The largest absolute Gasteiger partial charge is 0.463 e. The third kappa shape index (κ3) is 26.9. The highest BCUT2D eigenvalue weighted by atomic mass is 16.8. The minimum absolute atomic E-state index is 0.00889. The van der Waals surface area contributed by atoms with Crippen molar-refractivity contribution >= 4 is 101 Å². The van der Waals surface area contributed by atoms with Gasteiger partial charge in [-0.05, 0) is 111 Å². The molecule has 12 rings (SSSR count). The molecule has 0 bridgehead atoms. The molecule has 0 radical (unpaired) electrons. The van der Waals surface area contributed by atoms with E-state index in [9.17, 15) is 81.5 Å². The van der Waals surface area contributed by atoms with Gasteiger partial charge in [-0.3, -0.25) is 81.5 Å². The van der Waals surface area contributed by atoms with Crippen molar-refractivity contribution in [3.8, 4) is 0 Å². The number of fused-ring (bicyclic) bond motifs is 7. The van der Waals surface area contributed by atoms with Crippen LogP contribution in [0.4, 0.5) is 0 Å². The van der Waals surface area contributed by atoms with Gasteiger partial charge in [-0.1, -0.05) is 27.7 Å². The van der Waals surface area contributed by atoms with Crippen molar-refractivity contribution in [2.75, 3.05) is 39.6 Å². The Bertz CT molecular complexity index is 4630. The number of rotatable bonds is 33. The first-order valence-electron chi connectivity index (χ1n) is 48.7. The van der Waals surface area contributed by atoms with Gasteiger partial charge in [0, 0.05) is 130 Å². The molecule has 0 aromatic carbocycles. The number of hydrogen-bond acceptors (Lipinski definition) is 48. The molecule has 8 saturated heterocycles. The Morgan fingerprint density at radius 3 is 1.05 bits per heavy atom. The van der Waals surface area contributed by atoms with Gasteiger partial charge in [0.15, 0.2) is 123 Å². The molecule has 808 valence electrons. The van der Waals surface area contributed by atoms with Gasteiger partial charge in [-0.15, -0.1) is 0 Å². The normalized spacial score (nSPS) is 40.4. The summed E-state index contributed by atoms with van der Waals surface area (Å²) >= 11 is 0. The van der Waals surface area contributed by atoms with Crippen LogP contribution in [-0.4, -0.2) is 337 Å². The van der Waals surface area contributed by atoms with Crippen molar-refractivity contribution in [2.45, 2.75) is 413 Å². The lowest BCUT2D eigenvalue weighted by atomic mass is 9.44. The summed E-state index contributed by atoms with van der Waals surface area (Å²) in [5, 5.41) is 0. The fourth-order valence-electron chi connectivity index (χ4n) is 23.6. The van der Waals surface area contributed by atoms with E-state index in [4.69, 9.17) is 147 Å². The molecule has 144 heavy (non-hydrogen) atoms. The molecule has 41 atom stereocenters. The Morgan fingerprint density at radius 2 is 0.625 bits per heavy atom. The first-order chi connectivity index (χ1) is 67.7. The number of ether oxygens (including phenoxy) is 31. The van der Waals surface area contributed by atoms with E-state index in [-0.39, 0.29) is 28.8 Å². The molecule has 0 N–H and O–H groups in total. The molecule has 1 spiro atoms. The second kappa shape index (κ2) is 48.2. The van der Waals surface area contributed by atoms with Crippen LogP contribution < -0.4 is 0 Å². The van der Waals surface area contributed by atoms with Crippen molar-refractivity contribution < 1.29 is 228 Å². The summed E-state index contributed by atoms with van der Waals surface area (Å²) in [5.74, 6) is -17.0. The maximum atomic E-state index is 14.4. The van der Waals surface area contributed by atoms with Gasteiger partial charge in [0.1, 0.15) is 81.4 Å². The van der Waals surface area contributed by atoms with Crippen molar-refractivity contribution in [3.63, 3.8) is 0 Å². The highest BCUT2D eigenvalue weighted by Crippen LogP contribution is 2.72. The lowest BCUT2D eigenvalue weighted by molar-refractivity contribution is -0.413. The monoisotopic (exact) mass is 2060 g/mol. The van der Waals surface area contributed by atoms with Gasteiger partial charge in [0.05, 0.1) is 31.5 Å². The predicted molar refractivity (Wildman–Crippen MR) is 468 cm³/mol. The number of hydrogen-bond donors (Lipinski definition) is 0. The summed E-state index contributed by atoms with van der Waals surface area (Å²) in [4.78, 5) is 231. The first kappa shape index (κ1) is 113. The lowest BCUT2D eigenvalue weighted by Gasteiger charge is -2.61. The van der Waals surface area contributed by atoms with Gasteiger partial charge in [0.2, 0.25) is 0 Å². The van der Waals surface area contributed by atoms with E-state index in [1.54, 1.807) is 0 Å². The van der Waals surface area contributed by atoms with Crippen LogP contribution in [0.2, 0.25) is 0 Å². The Balaban J connectivity index is 1.01. The molecule has 48 heteroatoms. The van der Waals surface area contributed by atoms with E-state index in [0.717, 1.165) is 163 Å². The number of carbonyl (C=O) groups excluding carboxylic acids is 17. The fraction of sp³-hybridized carbons (Fsp3) is 0.823. The summed E-state index contributed by atoms with van der Waals surface area (Å²) in [6.07, 6.45) is -53.4. The van der Waals surface area contributed by atoms with E-state index in [1.807, 2.05) is 0 Å². The molecular formula is C96H136O48. The first-order valence-corrected chi connectivity index (χ1v) is 48.7. The van der Waals surface area contributed by atoms with Crippen LogP contribution in [0.3, 0.4) is 0 Å². The zero-order valence-corrected chi connectivity index (χ0v) is 84.8. The minimum atomic E-state index is -2.60. The zero-order chi connectivity index (χ0) is 105. The standard InChI is InChI=1S/C96H136O48/c1-39-25-30-96(119-33-39)40(2)70-64(144-96)32-63-61-24-23-59-31-60(26-28-94(59,21)62(61)27-29-95(63,70)22)134-90-84(131-56(18)111)78(127-52(14)107)75(68(135-90)36-116-44(6)99)140-93-87(143-92-85(132-57(19)112)79(128-53(15)108)74(69(138-92)37-117-45(7)100)139-89-83(130-55(17)110)77(126-51(13)106)71(41(3)120-89)122-47(9)102)81(73(124-49(11)104)67(137-93)35-115-43(5)98)142-91-86(133-58(20)113)80(72(123-48(10)103)66(136-91)34-114-42(4)97)141-88-82(129-54(16)109)76(125-50(12)105)65(38-118-88)121-46(8)101/h39-41,59-93H,23-38H2,1-22H3/t39-,40?,41+,59+,60+,61-,62+,63+,64?,65-,66-,67-,68-,69-,70?,71+,72-,73-,74-,75+,76+,77-,78+,79+,80+,81+,82-,83-,84-,85-,86-,87-,88+,89+,90-,91+,92+,93+,94+,95+,96-/m1/s1. The van der Waals surface area contributed by atoms with Crippen LogP contribution in [0.25, 0.3) is 0 Å². The van der Waals surface area contributed by atoms with Crippen molar-refractivity contribution in [1.29, 1.82) is 0 Å². The fourth-order valence-corrected chi connectivity index (χ4v) is 23.6. The Morgan fingerprint density at radius 1 is 0.285 bits per heavy atom. The molecular weight excluding hydrogens is 1920 g/mol. The molecule has 8 heterocycles. The molecule has 3 unspecified atom stereocenters. The summed E-state index contributed by atoms with van der Waals surface area (Å²) in [6.45, 7) is 22.6. The summed E-state index contributed by atoms with van der Waals surface area (Å²) in [7, 11) is 0. The van der Waals surface area contributed by atoms with Crippen molar-refractivity contribution in [1.82, 2.24) is 0 Å². The van der Waals surface area contributed by atoms with E-state index >= 15 is 0 Å². The average Bonchev–Trinajstić information content (AvgIpc) is 1.51. The van der Waals surface area contributed by atoms with Crippen LogP contribution in [0.1, 0.15) is 217 Å². The topological polar surface area (TPSA) is 576 Å².